The summed E-state index contributed by atoms with van der Waals surface area (Å²) in [7, 11) is 0. The van der Waals surface area contributed by atoms with Gasteiger partial charge in [0, 0.05) is 24.3 Å². The number of aromatic nitrogens is 4. The van der Waals surface area contributed by atoms with E-state index in [1.54, 1.807) is 11.6 Å². The number of hydrogen-bond donors (Lipinski definition) is 3. The number of aliphatic hydroxyl groups is 1. The van der Waals surface area contributed by atoms with E-state index >= 15 is 0 Å². The highest BCUT2D eigenvalue weighted by molar-refractivity contribution is 7.99. The van der Waals surface area contributed by atoms with E-state index in [0.717, 1.165) is 39.1 Å². The molecule has 258 valence electrons. The molecule has 1 aliphatic heterocycles. The molecule has 0 aliphatic carbocycles. The molecular formula is C37H38N6O6S. The topological polar surface area (TPSA) is 150 Å². The highest BCUT2D eigenvalue weighted by atomic mass is 32.2. The summed E-state index contributed by atoms with van der Waals surface area (Å²) in [4.78, 5) is 23.9. The highest BCUT2D eigenvalue weighted by Crippen LogP contribution is 2.40. The van der Waals surface area contributed by atoms with Crippen LogP contribution in [0.25, 0.3) is 16.8 Å². The molecule has 5 aromatic rings. The van der Waals surface area contributed by atoms with Crippen LogP contribution in [0.1, 0.15) is 48.0 Å². The average molecular weight is 695 g/mol. The van der Waals surface area contributed by atoms with Gasteiger partial charge in [-0.05, 0) is 57.3 Å². The summed E-state index contributed by atoms with van der Waals surface area (Å²) in [5.74, 6) is 0.110. The molecule has 12 nitrogen and oxygen atoms in total. The SMILES string of the molecule is CCOC(=O)CNC(=O)NCc1ccccc1-c1ccc([C@@H]2O[C@H](CSc3nnnn3-c3ccccc3)C[C@H](c3ccc(CO)cc3)O2)cc1. The Kier molecular flexibility index (Phi) is 11.8. The van der Waals surface area contributed by atoms with E-state index in [9.17, 15) is 14.7 Å². The van der Waals surface area contributed by atoms with Crippen molar-refractivity contribution in [1.29, 1.82) is 0 Å². The molecule has 0 radical (unpaired) electrons. The molecule has 3 N–H and O–H groups in total. The minimum Gasteiger partial charge on any atom is -0.465 e. The van der Waals surface area contributed by atoms with Crippen molar-refractivity contribution in [1.82, 2.24) is 30.8 Å². The minimum atomic E-state index is -0.629. The Hall–Kier alpha value is -5.08. The first-order valence-corrected chi connectivity index (χ1v) is 17.3. The smallest absolute Gasteiger partial charge is 0.325 e. The lowest BCUT2D eigenvalue weighted by Gasteiger charge is -2.36. The van der Waals surface area contributed by atoms with Gasteiger partial charge in [0.05, 0.1) is 31.1 Å². The summed E-state index contributed by atoms with van der Waals surface area (Å²) in [6, 6.07) is 32.9. The molecule has 0 spiro atoms. The summed E-state index contributed by atoms with van der Waals surface area (Å²) in [6.07, 6.45) is -0.418. The van der Waals surface area contributed by atoms with Gasteiger partial charge in [0.15, 0.2) is 6.29 Å². The molecule has 1 aliphatic rings. The third-order valence-electron chi connectivity index (χ3n) is 8.10. The predicted octanol–water partition coefficient (Wildman–Crippen LogP) is 5.52. The molecule has 3 atom stereocenters. The van der Waals surface area contributed by atoms with Crippen LogP contribution < -0.4 is 10.6 Å². The molecule has 0 saturated carbocycles. The van der Waals surface area contributed by atoms with Crippen LogP contribution in [0.3, 0.4) is 0 Å². The van der Waals surface area contributed by atoms with E-state index in [0.29, 0.717) is 17.3 Å². The first kappa shape index (κ1) is 34.8. The fourth-order valence-corrected chi connectivity index (χ4v) is 6.48. The average Bonchev–Trinajstić information content (AvgIpc) is 3.65. The van der Waals surface area contributed by atoms with Crippen molar-refractivity contribution in [3.05, 3.63) is 125 Å². The summed E-state index contributed by atoms with van der Waals surface area (Å²) in [6.45, 7) is 2.01. The van der Waals surface area contributed by atoms with Crippen molar-refractivity contribution in [3.63, 3.8) is 0 Å². The number of aliphatic hydroxyl groups excluding tert-OH is 1. The van der Waals surface area contributed by atoms with Gasteiger partial charge in [0.1, 0.15) is 6.54 Å². The summed E-state index contributed by atoms with van der Waals surface area (Å²) in [5, 5.41) is 27.9. The Balaban J connectivity index is 1.16. The second-order valence-electron chi connectivity index (χ2n) is 11.5. The lowest BCUT2D eigenvalue weighted by Crippen LogP contribution is -2.38. The Morgan fingerprint density at radius 3 is 2.42 bits per heavy atom. The summed E-state index contributed by atoms with van der Waals surface area (Å²) >= 11 is 1.53. The fourth-order valence-electron chi connectivity index (χ4n) is 5.57. The van der Waals surface area contributed by atoms with E-state index in [4.69, 9.17) is 14.2 Å². The molecule has 6 rings (SSSR count). The van der Waals surface area contributed by atoms with Crippen LogP contribution in [-0.2, 0) is 32.2 Å². The highest BCUT2D eigenvalue weighted by Gasteiger charge is 2.32. The van der Waals surface area contributed by atoms with Gasteiger partial charge in [-0.15, -0.1) is 5.10 Å². The maximum Gasteiger partial charge on any atom is 0.325 e. The number of nitrogens with one attached hydrogen (secondary N) is 2. The number of ether oxygens (including phenoxy) is 3. The van der Waals surface area contributed by atoms with E-state index < -0.39 is 18.3 Å². The Labute approximate surface area is 294 Å². The molecule has 1 saturated heterocycles. The zero-order valence-electron chi connectivity index (χ0n) is 27.5. The summed E-state index contributed by atoms with van der Waals surface area (Å²) < 4.78 is 19.7. The van der Waals surface area contributed by atoms with Gasteiger partial charge in [-0.1, -0.05) is 103 Å². The first-order chi connectivity index (χ1) is 24.5. The van der Waals surface area contributed by atoms with Crippen LogP contribution in [0, 0.1) is 0 Å². The van der Waals surface area contributed by atoms with Gasteiger partial charge >= 0.3 is 12.0 Å². The van der Waals surface area contributed by atoms with Crippen LogP contribution in [0.15, 0.2) is 108 Å². The van der Waals surface area contributed by atoms with E-state index in [2.05, 4.69) is 26.2 Å². The predicted molar refractivity (Wildman–Crippen MR) is 187 cm³/mol. The van der Waals surface area contributed by atoms with Crippen LogP contribution in [0.2, 0.25) is 0 Å². The van der Waals surface area contributed by atoms with Crippen LogP contribution in [-0.4, -0.2) is 62.3 Å². The lowest BCUT2D eigenvalue weighted by molar-refractivity contribution is -0.245. The molecule has 1 fully saturated rings. The minimum absolute atomic E-state index is 0.0266. The van der Waals surface area contributed by atoms with E-state index in [1.807, 2.05) is 103 Å². The number of hydrogen-bond acceptors (Lipinski definition) is 10. The number of tetrazole rings is 1. The molecule has 0 unspecified atom stereocenters. The zero-order valence-corrected chi connectivity index (χ0v) is 28.3. The maximum atomic E-state index is 12.3. The van der Waals surface area contributed by atoms with Crippen molar-refractivity contribution in [2.75, 3.05) is 18.9 Å². The normalized spacial score (nSPS) is 17.2. The van der Waals surface area contributed by atoms with Gasteiger partial charge in [-0.2, -0.15) is 4.68 Å². The number of para-hydroxylation sites is 1. The number of thioether (sulfide) groups is 1. The molecule has 2 amide bonds. The number of carbonyl (C=O) groups is 2. The monoisotopic (exact) mass is 694 g/mol. The van der Waals surface area contributed by atoms with Crippen molar-refractivity contribution in [2.45, 2.75) is 50.2 Å². The standard InChI is InChI=1S/C37H38N6O6S/c1-2-47-34(45)22-39-36(46)38-21-29-8-6-7-11-32(29)26-16-18-28(19-17-26)35-48-31(20-33(49-35)27-14-12-25(23-44)13-15-27)24-50-37-40-41-42-43(37)30-9-4-3-5-10-30/h3-19,31,33,35,44H,2,20-24H2,1H3,(H2,38,39,46)/t31-,33+,35+/m0/s1. The molecule has 50 heavy (non-hydrogen) atoms. The molecule has 2 heterocycles. The third kappa shape index (κ3) is 8.93. The second-order valence-corrected chi connectivity index (χ2v) is 12.5. The molecular weight excluding hydrogens is 657 g/mol. The van der Waals surface area contributed by atoms with E-state index in [-0.39, 0.29) is 38.5 Å². The van der Waals surface area contributed by atoms with Crippen molar-refractivity contribution in [2.24, 2.45) is 0 Å². The number of benzene rings is 4. The number of esters is 1. The van der Waals surface area contributed by atoms with Crippen LogP contribution in [0.5, 0.6) is 0 Å². The molecule has 1 aromatic heterocycles. The number of rotatable bonds is 13. The van der Waals surface area contributed by atoms with E-state index in [1.165, 1.54) is 11.8 Å². The maximum absolute atomic E-state index is 12.3. The number of carbonyl (C=O) groups excluding carboxylic acids is 2. The third-order valence-corrected chi connectivity index (χ3v) is 9.16. The molecule has 4 aromatic carbocycles. The molecule has 13 heteroatoms. The Morgan fingerprint density at radius 1 is 0.920 bits per heavy atom. The fraction of sp³-hybridized carbons (Fsp3) is 0.270. The Morgan fingerprint density at radius 2 is 1.66 bits per heavy atom. The zero-order chi connectivity index (χ0) is 34.7. The van der Waals surface area contributed by atoms with Crippen molar-refractivity contribution in [3.8, 4) is 16.8 Å². The van der Waals surface area contributed by atoms with Crippen LogP contribution >= 0.6 is 11.8 Å². The van der Waals surface area contributed by atoms with Gasteiger partial charge < -0.3 is 30.0 Å². The lowest BCUT2D eigenvalue weighted by atomic mass is 9.98. The van der Waals surface area contributed by atoms with Crippen molar-refractivity contribution < 1.29 is 28.9 Å². The van der Waals surface area contributed by atoms with Gasteiger partial charge in [0.25, 0.3) is 0 Å². The molecule has 0 bridgehead atoms. The number of amides is 2. The second kappa shape index (κ2) is 17.0. The first-order valence-electron chi connectivity index (χ1n) is 16.3. The number of urea groups is 1. The van der Waals surface area contributed by atoms with Gasteiger partial charge in [0.2, 0.25) is 5.16 Å². The quantitative estimate of drug-likeness (QED) is 0.106. The van der Waals surface area contributed by atoms with Gasteiger partial charge in [-0.3, -0.25) is 4.79 Å². The van der Waals surface area contributed by atoms with Gasteiger partial charge in [-0.25, -0.2) is 4.79 Å². The number of nitrogens with zero attached hydrogens (tertiary/aromatic N) is 4. The van der Waals surface area contributed by atoms with Crippen molar-refractivity contribution >= 4 is 23.8 Å². The Bertz CT molecular complexity index is 1850. The van der Waals surface area contributed by atoms with Crippen LogP contribution in [0.4, 0.5) is 4.79 Å². The largest absolute Gasteiger partial charge is 0.465 e. The summed E-state index contributed by atoms with van der Waals surface area (Å²) in [5.41, 5.74) is 6.42.